The summed E-state index contributed by atoms with van der Waals surface area (Å²) in [6, 6.07) is 3.41. The molecule has 0 fully saturated rings. The van der Waals surface area contributed by atoms with Gasteiger partial charge in [0.2, 0.25) is 0 Å². The normalized spacial score (nSPS) is 11.4. The third-order valence-corrected chi connectivity index (χ3v) is 3.85. The van der Waals surface area contributed by atoms with Gasteiger partial charge in [0.15, 0.2) is 0 Å². The Hall–Kier alpha value is -2.55. The van der Waals surface area contributed by atoms with Gasteiger partial charge in [0, 0.05) is 13.2 Å². The molecule has 0 heterocycles. The van der Waals surface area contributed by atoms with Crippen LogP contribution in [-0.2, 0) is 4.74 Å². The minimum Gasteiger partial charge on any atom is -0.379 e. The van der Waals surface area contributed by atoms with Crippen LogP contribution in [0, 0.1) is 20.2 Å². The lowest BCUT2D eigenvalue weighted by atomic mass is 10.1. The number of anilines is 1. The van der Waals surface area contributed by atoms with Gasteiger partial charge in [0.05, 0.1) is 28.2 Å². The van der Waals surface area contributed by atoms with Gasteiger partial charge in [-0.1, -0.05) is 39.0 Å². The number of unbranched alkanes of at least 4 members (excludes halogenated alkanes) is 5. The number of hydrogen-bond donors (Lipinski definition) is 1. The first-order chi connectivity index (χ1) is 12.5. The number of hydrogen-bond acceptors (Lipinski definition) is 7. The molecule has 0 aliphatic rings. The van der Waals surface area contributed by atoms with Crippen LogP contribution in [0.15, 0.2) is 23.3 Å². The maximum atomic E-state index is 11.1. The fourth-order valence-electron chi connectivity index (χ4n) is 2.45. The molecule has 0 atom stereocenters. The van der Waals surface area contributed by atoms with Gasteiger partial charge in [-0.15, -0.1) is 0 Å². The Balaban J connectivity index is 2.73. The minimum absolute atomic E-state index is 0.108. The monoisotopic (exact) mass is 366 g/mol. The van der Waals surface area contributed by atoms with E-state index in [1.54, 1.807) is 7.11 Å². The van der Waals surface area contributed by atoms with Crippen LogP contribution in [0.25, 0.3) is 0 Å². The van der Waals surface area contributed by atoms with Gasteiger partial charge in [-0.2, -0.15) is 5.10 Å². The first-order valence-electron chi connectivity index (χ1n) is 8.72. The van der Waals surface area contributed by atoms with Gasteiger partial charge in [0.25, 0.3) is 5.69 Å². The van der Waals surface area contributed by atoms with Gasteiger partial charge in [0.1, 0.15) is 5.69 Å². The fourth-order valence-corrected chi connectivity index (χ4v) is 2.45. The van der Waals surface area contributed by atoms with Crippen molar-refractivity contribution >= 4 is 22.8 Å². The van der Waals surface area contributed by atoms with Crippen molar-refractivity contribution in [2.45, 2.75) is 51.9 Å². The number of nitrogens with one attached hydrogen (secondary N) is 1. The van der Waals surface area contributed by atoms with Crippen molar-refractivity contribution < 1.29 is 14.6 Å². The zero-order valence-corrected chi connectivity index (χ0v) is 15.3. The highest BCUT2D eigenvalue weighted by Gasteiger charge is 2.19. The van der Waals surface area contributed by atoms with Crippen molar-refractivity contribution in [2.75, 3.05) is 19.1 Å². The molecular formula is C17H26N4O5. The molecule has 1 aromatic rings. The second kappa shape index (κ2) is 11.9. The van der Waals surface area contributed by atoms with Crippen molar-refractivity contribution in [3.05, 3.63) is 38.4 Å². The van der Waals surface area contributed by atoms with E-state index in [9.17, 15) is 20.2 Å². The summed E-state index contributed by atoms with van der Waals surface area (Å²) in [5.74, 6) is 0. The largest absolute Gasteiger partial charge is 0.379 e. The molecule has 0 spiro atoms. The lowest BCUT2D eigenvalue weighted by molar-refractivity contribution is -0.393. The van der Waals surface area contributed by atoms with Crippen LogP contribution in [-0.4, -0.2) is 29.3 Å². The number of hydrazone groups is 1. The van der Waals surface area contributed by atoms with Crippen LogP contribution in [0.3, 0.4) is 0 Å². The maximum absolute atomic E-state index is 11.1. The molecular weight excluding hydrogens is 340 g/mol. The van der Waals surface area contributed by atoms with E-state index in [-0.39, 0.29) is 17.1 Å². The van der Waals surface area contributed by atoms with Crippen molar-refractivity contribution in [1.29, 1.82) is 0 Å². The van der Waals surface area contributed by atoms with E-state index in [1.807, 2.05) is 0 Å². The number of ether oxygens (including phenoxy) is 1. The molecule has 9 nitrogen and oxygen atoms in total. The van der Waals surface area contributed by atoms with E-state index < -0.39 is 9.85 Å². The Bertz CT molecular complexity index is 634. The highest BCUT2D eigenvalue weighted by atomic mass is 16.6. The number of nitro groups is 2. The molecule has 9 heteroatoms. The minimum atomic E-state index is -0.672. The van der Waals surface area contributed by atoms with Crippen LogP contribution < -0.4 is 5.43 Å². The smallest absolute Gasteiger partial charge is 0.301 e. The Labute approximate surface area is 152 Å². The molecule has 1 aromatic carbocycles. The first-order valence-corrected chi connectivity index (χ1v) is 8.72. The molecule has 1 N–H and O–H groups in total. The maximum Gasteiger partial charge on any atom is 0.301 e. The Morgan fingerprint density at radius 2 is 1.81 bits per heavy atom. The van der Waals surface area contributed by atoms with Crippen LogP contribution in [0.1, 0.15) is 51.9 Å². The van der Waals surface area contributed by atoms with E-state index in [4.69, 9.17) is 4.74 Å². The molecule has 0 aromatic heterocycles. The molecule has 0 unspecified atom stereocenters. The highest BCUT2D eigenvalue weighted by molar-refractivity contribution is 5.86. The van der Waals surface area contributed by atoms with E-state index >= 15 is 0 Å². The summed E-state index contributed by atoms with van der Waals surface area (Å²) in [6.07, 6.45) is 7.64. The summed E-state index contributed by atoms with van der Waals surface area (Å²) in [5.41, 5.74) is 2.78. The van der Waals surface area contributed by atoms with Crippen molar-refractivity contribution in [3.8, 4) is 0 Å². The zero-order chi connectivity index (χ0) is 19.4. The van der Waals surface area contributed by atoms with Gasteiger partial charge in [-0.25, -0.2) is 0 Å². The summed E-state index contributed by atoms with van der Waals surface area (Å²) < 4.78 is 5.12. The molecule has 0 bridgehead atoms. The molecule has 144 valence electrons. The molecule has 1 rings (SSSR count). The lowest BCUT2D eigenvalue weighted by Crippen LogP contribution is -2.10. The average molecular weight is 366 g/mol. The van der Waals surface area contributed by atoms with Crippen LogP contribution in [0.5, 0.6) is 0 Å². The SMILES string of the molecule is CCCCCCCCC(COC)=NNc1ccc([N+](=O)[O-])cc1[N+](=O)[O-]. The Morgan fingerprint density at radius 1 is 1.12 bits per heavy atom. The van der Waals surface area contributed by atoms with E-state index in [0.717, 1.165) is 31.0 Å². The van der Waals surface area contributed by atoms with Gasteiger partial charge in [-0.3, -0.25) is 25.7 Å². The van der Waals surface area contributed by atoms with Gasteiger partial charge < -0.3 is 4.74 Å². The quantitative estimate of drug-likeness (QED) is 0.234. The van der Waals surface area contributed by atoms with Gasteiger partial charge in [-0.05, 0) is 18.9 Å². The number of nitro benzene ring substituents is 2. The van der Waals surface area contributed by atoms with Gasteiger partial charge >= 0.3 is 5.69 Å². The molecule has 0 aliphatic carbocycles. The van der Waals surface area contributed by atoms with E-state index in [1.165, 1.54) is 37.8 Å². The standard InChI is InChI=1S/C17H26N4O5/c1-3-4-5-6-7-8-9-14(13-26-2)18-19-16-11-10-15(20(22)23)12-17(16)21(24)25/h10-12,19H,3-9,13H2,1-2H3. The Kier molecular flexibility index (Phi) is 9.85. The van der Waals surface area contributed by atoms with E-state index in [0.29, 0.717) is 6.61 Å². The number of non-ortho nitro benzene ring substituents is 1. The summed E-state index contributed by atoms with van der Waals surface area (Å²) >= 11 is 0. The zero-order valence-electron chi connectivity index (χ0n) is 15.3. The van der Waals surface area contributed by atoms with E-state index in [2.05, 4.69) is 17.5 Å². The summed E-state index contributed by atoms with van der Waals surface area (Å²) in [4.78, 5) is 20.6. The van der Waals surface area contributed by atoms with Crippen LogP contribution in [0.4, 0.5) is 17.1 Å². The topological polar surface area (TPSA) is 120 Å². The van der Waals surface area contributed by atoms with Crippen molar-refractivity contribution in [1.82, 2.24) is 0 Å². The summed E-state index contributed by atoms with van der Waals surface area (Å²) in [7, 11) is 1.56. The van der Waals surface area contributed by atoms with Crippen LogP contribution >= 0.6 is 0 Å². The lowest BCUT2D eigenvalue weighted by Gasteiger charge is -2.07. The summed E-state index contributed by atoms with van der Waals surface area (Å²) in [6.45, 7) is 2.50. The third kappa shape index (κ3) is 7.56. The number of benzene rings is 1. The number of methoxy groups -OCH3 is 1. The third-order valence-electron chi connectivity index (χ3n) is 3.85. The number of rotatable bonds is 13. The predicted molar refractivity (Wildman–Crippen MR) is 101 cm³/mol. The highest BCUT2D eigenvalue weighted by Crippen LogP contribution is 2.29. The van der Waals surface area contributed by atoms with Crippen molar-refractivity contribution in [2.24, 2.45) is 5.10 Å². The fraction of sp³-hybridized carbons (Fsp3) is 0.588. The molecule has 0 aliphatic heterocycles. The average Bonchev–Trinajstić information content (AvgIpc) is 2.62. The molecule has 0 radical (unpaired) electrons. The summed E-state index contributed by atoms with van der Waals surface area (Å²) in [5, 5.41) is 26.1. The first kappa shape index (κ1) is 21.5. The Morgan fingerprint density at radius 3 is 2.42 bits per heavy atom. The second-order valence-electron chi connectivity index (χ2n) is 5.96. The molecule has 0 saturated heterocycles. The second-order valence-corrected chi connectivity index (χ2v) is 5.96. The predicted octanol–water partition coefficient (Wildman–Crippen LogP) is 4.67. The van der Waals surface area contributed by atoms with Crippen molar-refractivity contribution in [3.63, 3.8) is 0 Å². The number of nitrogens with zero attached hydrogens (tertiary/aromatic N) is 3. The van der Waals surface area contributed by atoms with Crippen LogP contribution in [0.2, 0.25) is 0 Å². The molecule has 0 saturated carbocycles. The molecule has 26 heavy (non-hydrogen) atoms. The molecule has 0 amide bonds.